The summed E-state index contributed by atoms with van der Waals surface area (Å²) in [5, 5.41) is 3.76. The lowest BCUT2D eigenvalue weighted by Crippen LogP contribution is -2.44. The maximum absolute atomic E-state index is 12.3. The lowest BCUT2D eigenvalue weighted by Gasteiger charge is -2.39. The van der Waals surface area contributed by atoms with Gasteiger partial charge in [0, 0.05) is 35.8 Å². The van der Waals surface area contributed by atoms with Crippen molar-refractivity contribution < 1.29 is 14.3 Å². The third-order valence-electron chi connectivity index (χ3n) is 6.01. The van der Waals surface area contributed by atoms with Crippen LogP contribution in [0.3, 0.4) is 0 Å². The Kier molecular flexibility index (Phi) is 8.60. The summed E-state index contributed by atoms with van der Waals surface area (Å²) >= 11 is 6.32. The minimum absolute atomic E-state index is 0.161. The molecule has 1 amide bonds. The molecular weight excluding hydrogens is 400 g/mol. The van der Waals surface area contributed by atoms with Gasteiger partial charge in [0.15, 0.2) is 0 Å². The normalized spacial score (nSPS) is 19.3. The highest BCUT2D eigenvalue weighted by molar-refractivity contribution is 6.31. The molecule has 6 heteroatoms. The summed E-state index contributed by atoms with van der Waals surface area (Å²) in [7, 11) is 1.39. The van der Waals surface area contributed by atoms with Crippen molar-refractivity contribution in [2.24, 2.45) is 5.41 Å². The molecule has 0 radical (unpaired) electrons. The van der Waals surface area contributed by atoms with Crippen LogP contribution < -0.4 is 10.2 Å². The van der Waals surface area contributed by atoms with Crippen LogP contribution >= 0.6 is 11.6 Å². The Hall–Kier alpha value is -1.75. The van der Waals surface area contributed by atoms with Gasteiger partial charge >= 0.3 is 5.97 Å². The van der Waals surface area contributed by atoms with Gasteiger partial charge in [0.2, 0.25) is 5.91 Å². The molecule has 1 saturated carbocycles. The zero-order valence-corrected chi connectivity index (χ0v) is 20.1. The molecule has 1 aliphatic carbocycles. The molecule has 0 bridgehead atoms. The first-order valence-electron chi connectivity index (χ1n) is 11.0. The summed E-state index contributed by atoms with van der Waals surface area (Å²) in [5.74, 6) is -0.205. The maximum atomic E-state index is 12.3. The van der Waals surface area contributed by atoms with Crippen molar-refractivity contribution in [3.8, 4) is 0 Å². The molecule has 0 heterocycles. The molecule has 0 atom stereocenters. The van der Waals surface area contributed by atoms with Gasteiger partial charge in [-0.3, -0.25) is 4.79 Å². The summed E-state index contributed by atoms with van der Waals surface area (Å²) in [4.78, 5) is 26.8. The maximum Gasteiger partial charge on any atom is 0.338 e. The van der Waals surface area contributed by atoms with Crippen molar-refractivity contribution >= 4 is 29.2 Å². The van der Waals surface area contributed by atoms with Crippen molar-refractivity contribution in [1.29, 1.82) is 0 Å². The second-order valence-corrected chi connectivity index (χ2v) is 9.95. The van der Waals surface area contributed by atoms with Crippen LogP contribution in [0.4, 0.5) is 5.69 Å². The summed E-state index contributed by atoms with van der Waals surface area (Å²) in [6.45, 7) is 11.4. The monoisotopic (exact) mass is 436 g/mol. The van der Waals surface area contributed by atoms with Crippen molar-refractivity contribution in [3.05, 3.63) is 28.3 Å². The Bertz CT molecular complexity index is 750. The Labute approximate surface area is 186 Å². The van der Waals surface area contributed by atoms with Crippen LogP contribution in [0, 0.1) is 12.3 Å². The molecule has 1 aromatic carbocycles. The second kappa shape index (κ2) is 10.5. The Morgan fingerprint density at radius 2 is 1.83 bits per heavy atom. The van der Waals surface area contributed by atoms with Gasteiger partial charge in [-0.1, -0.05) is 32.4 Å². The summed E-state index contributed by atoms with van der Waals surface area (Å²) in [6, 6.07) is 4.22. The number of ether oxygens (including phenoxy) is 1. The number of carbonyl (C=O) groups excluding carboxylic acids is 2. The second-order valence-electron chi connectivity index (χ2n) is 9.51. The molecule has 0 aromatic heterocycles. The number of hydrogen-bond donors (Lipinski definition) is 1. The van der Waals surface area contributed by atoms with Gasteiger partial charge < -0.3 is 15.0 Å². The van der Waals surface area contributed by atoms with E-state index in [0.717, 1.165) is 49.9 Å². The first kappa shape index (κ1) is 24.5. The van der Waals surface area contributed by atoms with E-state index in [1.807, 2.05) is 13.0 Å². The van der Waals surface area contributed by atoms with E-state index in [2.05, 4.69) is 37.9 Å². The molecule has 0 unspecified atom stereocenters. The Balaban J connectivity index is 2.03. The average Bonchev–Trinajstić information content (AvgIpc) is 2.69. The van der Waals surface area contributed by atoms with Crippen LogP contribution in [0.25, 0.3) is 0 Å². The fourth-order valence-corrected chi connectivity index (χ4v) is 4.44. The zero-order valence-electron chi connectivity index (χ0n) is 19.3. The topological polar surface area (TPSA) is 58.6 Å². The number of amides is 1. The van der Waals surface area contributed by atoms with Crippen molar-refractivity contribution in [1.82, 2.24) is 5.32 Å². The van der Waals surface area contributed by atoms with E-state index in [9.17, 15) is 9.59 Å². The van der Waals surface area contributed by atoms with E-state index in [4.69, 9.17) is 16.3 Å². The van der Waals surface area contributed by atoms with Gasteiger partial charge in [0.1, 0.15) is 0 Å². The first-order chi connectivity index (χ1) is 14.1. The van der Waals surface area contributed by atoms with Crippen LogP contribution in [-0.2, 0) is 9.53 Å². The number of nitrogens with one attached hydrogen (secondary N) is 1. The highest BCUT2D eigenvalue weighted by Crippen LogP contribution is 2.33. The molecule has 0 spiro atoms. The molecule has 0 saturated heterocycles. The van der Waals surface area contributed by atoms with E-state index < -0.39 is 0 Å². The average molecular weight is 437 g/mol. The van der Waals surface area contributed by atoms with E-state index >= 15 is 0 Å². The van der Waals surface area contributed by atoms with Gasteiger partial charge in [-0.15, -0.1) is 0 Å². The molecule has 1 aliphatic rings. The predicted molar refractivity (Wildman–Crippen MR) is 123 cm³/mol. The number of carbonyl (C=O) groups is 2. The van der Waals surface area contributed by atoms with E-state index in [1.54, 1.807) is 6.07 Å². The number of rotatable bonds is 7. The number of hydrogen-bond acceptors (Lipinski definition) is 4. The fraction of sp³-hybridized carbons (Fsp3) is 0.667. The SMILES string of the molecule is CCN(c1cc(Cl)cc(C(=O)OC)c1C)[C@H]1CC[C@H](NC(=O)CCC(C)(C)C)CC1. The number of anilines is 1. The zero-order chi connectivity index (χ0) is 22.5. The highest BCUT2D eigenvalue weighted by atomic mass is 35.5. The molecule has 1 aromatic rings. The molecular formula is C24H37ClN2O3. The molecule has 168 valence electrons. The van der Waals surface area contributed by atoms with Crippen LogP contribution in [0.2, 0.25) is 5.02 Å². The third-order valence-corrected chi connectivity index (χ3v) is 6.22. The van der Waals surface area contributed by atoms with Gasteiger partial charge in [-0.05, 0) is 69.1 Å². The van der Waals surface area contributed by atoms with E-state index in [0.29, 0.717) is 23.0 Å². The largest absolute Gasteiger partial charge is 0.465 e. The lowest BCUT2D eigenvalue weighted by atomic mass is 9.88. The predicted octanol–water partition coefficient (Wildman–Crippen LogP) is 5.52. The molecule has 1 fully saturated rings. The quantitative estimate of drug-likeness (QED) is 0.572. The van der Waals surface area contributed by atoms with Crippen LogP contribution in [-0.4, -0.2) is 37.6 Å². The highest BCUT2D eigenvalue weighted by Gasteiger charge is 2.28. The molecule has 0 aliphatic heterocycles. The summed E-state index contributed by atoms with van der Waals surface area (Å²) in [6.07, 6.45) is 5.41. The number of esters is 1. The van der Waals surface area contributed by atoms with Gasteiger partial charge in [-0.2, -0.15) is 0 Å². The smallest absolute Gasteiger partial charge is 0.338 e. The standard InChI is InChI=1S/C24H37ClN2O3/c1-7-27(21-15-17(25)14-20(16(21)2)23(29)30-6)19-10-8-18(9-11-19)26-22(28)12-13-24(3,4)5/h14-15,18-19H,7-13H2,1-6H3,(H,26,28)/t18-,19-. The van der Waals surface area contributed by atoms with Gasteiger partial charge in [0.25, 0.3) is 0 Å². The minimum atomic E-state index is -0.367. The Morgan fingerprint density at radius 3 is 2.37 bits per heavy atom. The number of halogens is 1. The van der Waals surface area contributed by atoms with Crippen LogP contribution in [0.5, 0.6) is 0 Å². The number of methoxy groups -OCH3 is 1. The summed E-state index contributed by atoms with van der Waals surface area (Å²) < 4.78 is 4.92. The molecule has 2 rings (SSSR count). The first-order valence-corrected chi connectivity index (χ1v) is 11.4. The lowest BCUT2D eigenvalue weighted by molar-refractivity contribution is -0.122. The van der Waals surface area contributed by atoms with Crippen LogP contribution in [0.1, 0.15) is 82.1 Å². The van der Waals surface area contributed by atoms with Gasteiger partial charge in [-0.25, -0.2) is 4.79 Å². The molecule has 30 heavy (non-hydrogen) atoms. The van der Waals surface area contributed by atoms with Gasteiger partial charge in [0.05, 0.1) is 12.7 Å². The van der Waals surface area contributed by atoms with Crippen molar-refractivity contribution in [2.75, 3.05) is 18.6 Å². The van der Waals surface area contributed by atoms with Crippen LogP contribution in [0.15, 0.2) is 12.1 Å². The van der Waals surface area contributed by atoms with E-state index in [1.165, 1.54) is 7.11 Å². The number of nitrogens with zero attached hydrogens (tertiary/aromatic N) is 1. The summed E-state index contributed by atoms with van der Waals surface area (Å²) in [5.41, 5.74) is 2.57. The number of benzene rings is 1. The Morgan fingerprint density at radius 1 is 1.20 bits per heavy atom. The molecule has 1 N–H and O–H groups in total. The minimum Gasteiger partial charge on any atom is -0.465 e. The fourth-order valence-electron chi connectivity index (χ4n) is 4.23. The van der Waals surface area contributed by atoms with Crippen molar-refractivity contribution in [2.45, 2.75) is 85.2 Å². The van der Waals surface area contributed by atoms with Crippen molar-refractivity contribution in [3.63, 3.8) is 0 Å². The third kappa shape index (κ3) is 6.63. The molecule has 5 nitrogen and oxygen atoms in total. The van der Waals surface area contributed by atoms with E-state index in [-0.39, 0.29) is 23.3 Å².